The maximum Gasteiger partial charge on any atom is 0.358 e. The van der Waals surface area contributed by atoms with Gasteiger partial charge in [0, 0.05) is 18.2 Å². The Balaban J connectivity index is 1.40. The number of hydrogen-bond acceptors (Lipinski definition) is 5. The number of carboxylic acid groups (broad SMARTS) is 1. The van der Waals surface area contributed by atoms with Gasteiger partial charge in [0.05, 0.1) is 18.0 Å². The molecule has 8 heteroatoms. The van der Waals surface area contributed by atoms with Gasteiger partial charge in [-0.3, -0.25) is 4.79 Å². The Labute approximate surface area is 179 Å². The van der Waals surface area contributed by atoms with Crippen molar-refractivity contribution >= 4 is 11.9 Å². The van der Waals surface area contributed by atoms with Gasteiger partial charge in [0.15, 0.2) is 5.69 Å². The normalized spacial score (nSPS) is 13.2. The number of benzene rings is 2. The Morgan fingerprint density at radius 1 is 1.10 bits per heavy atom. The molecule has 160 valence electrons. The summed E-state index contributed by atoms with van der Waals surface area (Å²) in [6, 6.07) is 17.1. The zero-order valence-electron chi connectivity index (χ0n) is 17.0. The molecule has 0 unspecified atom stereocenters. The van der Waals surface area contributed by atoms with Gasteiger partial charge < -0.3 is 15.2 Å². The Kier molecular flexibility index (Phi) is 6.37. The molecule has 2 N–H and O–H groups in total. The van der Waals surface area contributed by atoms with Gasteiger partial charge in [-0.25, -0.2) is 9.48 Å². The lowest BCUT2D eigenvalue weighted by Crippen LogP contribution is -2.25. The molecule has 1 amide bonds. The second-order valence-corrected chi connectivity index (χ2v) is 7.54. The highest BCUT2D eigenvalue weighted by atomic mass is 16.5. The summed E-state index contributed by atoms with van der Waals surface area (Å²) in [6.07, 6.45) is 3.13. The van der Waals surface area contributed by atoms with E-state index in [0.717, 1.165) is 18.4 Å². The van der Waals surface area contributed by atoms with Gasteiger partial charge in [0.2, 0.25) is 0 Å². The van der Waals surface area contributed by atoms with E-state index in [1.165, 1.54) is 4.68 Å². The largest absolute Gasteiger partial charge is 0.476 e. The van der Waals surface area contributed by atoms with E-state index < -0.39 is 5.97 Å². The molecular weight excluding hydrogens is 396 g/mol. The Morgan fingerprint density at radius 3 is 2.52 bits per heavy atom. The summed E-state index contributed by atoms with van der Waals surface area (Å²) in [5.74, 6) is -1.22. The molecule has 1 aliphatic rings. The maximum atomic E-state index is 12.2. The number of ether oxygens (including phenoxy) is 1. The van der Waals surface area contributed by atoms with E-state index in [1.54, 1.807) is 24.3 Å². The van der Waals surface area contributed by atoms with Crippen molar-refractivity contribution in [2.75, 3.05) is 6.61 Å². The number of carboxylic acids is 1. The van der Waals surface area contributed by atoms with Crippen LogP contribution in [0.3, 0.4) is 0 Å². The number of amides is 1. The highest BCUT2D eigenvalue weighted by Crippen LogP contribution is 2.20. The molecule has 4 rings (SSSR count). The van der Waals surface area contributed by atoms with Crippen LogP contribution in [0.1, 0.15) is 51.4 Å². The lowest BCUT2D eigenvalue weighted by atomic mass is 10.1. The van der Waals surface area contributed by atoms with Gasteiger partial charge in [0.1, 0.15) is 0 Å². The monoisotopic (exact) mass is 420 g/mol. The zero-order chi connectivity index (χ0) is 21.6. The third kappa shape index (κ3) is 5.35. The molecule has 0 spiro atoms. The van der Waals surface area contributed by atoms with Crippen LogP contribution in [0, 0.1) is 0 Å². The quantitative estimate of drug-likeness (QED) is 0.489. The first-order valence-corrected chi connectivity index (χ1v) is 10.3. The minimum atomic E-state index is -1.12. The molecule has 3 aromatic rings. The summed E-state index contributed by atoms with van der Waals surface area (Å²) >= 11 is 0. The summed E-state index contributed by atoms with van der Waals surface area (Å²) < 4.78 is 7.22. The van der Waals surface area contributed by atoms with E-state index in [0.29, 0.717) is 43.0 Å². The predicted molar refractivity (Wildman–Crippen MR) is 113 cm³/mol. The van der Waals surface area contributed by atoms with Crippen LogP contribution in [0.4, 0.5) is 0 Å². The van der Waals surface area contributed by atoms with Crippen LogP contribution in [0.25, 0.3) is 5.69 Å². The Bertz CT molecular complexity index is 1040. The molecule has 1 saturated carbocycles. The third-order valence-corrected chi connectivity index (χ3v) is 5.07. The fraction of sp³-hybridized carbons (Fsp3) is 0.304. The molecule has 0 radical (unpaired) electrons. The molecule has 1 heterocycles. The van der Waals surface area contributed by atoms with E-state index in [4.69, 9.17) is 4.74 Å². The fourth-order valence-corrected chi connectivity index (χ4v) is 3.26. The van der Waals surface area contributed by atoms with Crippen molar-refractivity contribution < 1.29 is 19.4 Å². The lowest BCUT2D eigenvalue weighted by molar-refractivity contribution is 0.0688. The summed E-state index contributed by atoms with van der Waals surface area (Å²) in [5.41, 5.74) is 2.74. The molecule has 0 aliphatic heterocycles. The van der Waals surface area contributed by atoms with Gasteiger partial charge in [-0.1, -0.05) is 35.5 Å². The summed E-state index contributed by atoms with van der Waals surface area (Å²) in [6.45, 7) is 0.994. The molecular formula is C23H24N4O4. The lowest BCUT2D eigenvalue weighted by Gasteiger charge is -2.09. The van der Waals surface area contributed by atoms with E-state index in [2.05, 4.69) is 15.6 Å². The summed E-state index contributed by atoms with van der Waals surface area (Å²) in [7, 11) is 0. The Morgan fingerprint density at radius 2 is 1.84 bits per heavy atom. The number of rotatable bonds is 10. The number of nitrogens with one attached hydrogen (secondary N) is 1. The van der Waals surface area contributed by atoms with Crippen molar-refractivity contribution in [1.29, 1.82) is 0 Å². The minimum Gasteiger partial charge on any atom is -0.476 e. The van der Waals surface area contributed by atoms with Crippen molar-refractivity contribution in [1.82, 2.24) is 20.3 Å². The first kappa shape index (κ1) is 20.7. The first-order valence-electron chi connectivity index (χ1n) is 10.3. The van der Waals surface area contributed by atoms with Gasteiger partial charge in [-0.2, -0.15) is 0 Å². The Hall–Kier alpha value is -3.52. The number of carbonyl (C=O) groups excluding carboxylic acids is 1. The first-order chi connectivity index (χ1) is 15.1. The highest BCUT2D eigenvalue weighted by Gasteiger charge is 2.24. The minimum absolute atomic E-state index is 0.0707. The number of nitrogens with zero attached hydrogens (tertiary/aromatic N) is 3. The third-order valence-electron chi connectivity index (χ3n) is 5.07. The zero-order valence-corrected chi connectivity index (χ0v) is 17.0. The molecule has 1 aromatic heterocycles. The average molecular weight is 420 g/mol. The van der Waals surface area contributed by atoms with Gasteiger partial charge >= 0.3 is 5.97 Å². The van der Waals surface area contributed by atoms with Crippen molar-refractivity contribution in [3.8, 4) is 5.69 Å². The maximum absolute atomic E-state index is 12.2. The van der Waals surface area contributed by atoms with Crippen LogP contribution in [0.5, 0.6) is 0 Å². The van der Waals surface area contributed by atoms with Gasteiger partial charge in [0.25, 0.3) is 5.91 Å². The van der Waals surface area contributed by atoms with Crippen molar-refractivity contribution in [2.45, 2.75) is 38.3 Å². The van der Waals surface area contributed by atoms with Crippen molar-refractivity contribution in [3.63, 3.8) is 0 Å². The number of aromatic nitrogens is 3. The average Bonchev–Trinajstić information content (AvgIpc) is 3.50. The number of hydrogen-bond donors (Lipinski definition) is 2. The molecule has 0 saturated heterocycles. The van der Waals surface area contributed by atoms with Gasteiger partial charge in [-0.15, -0.1) is 5.10 Å². The van der Waals surface area contributed by atoms with Crippen molar-refractivity contribution in [2.24, 2.45) is 0 Å². The second kappa shape index (κ2) is 9.53. The summed E-state index contributed by atoms with van der Waals surface area (Å²) in [4.78, 5) is 23.8. The molecule has 2 aromatic carbocycles. The SMILES string of the molecule is O=C(NC1CC1)c1ccc(-n2nnc(C(=O)O)c2CCCOCc2ccccc2)cc1. The van der Waals surface area contributed by atoms with Crippen LogP contribution < -0.4 is 5.32 Å². The summed E-state index contributed by atoms with van der Waals surface area (Å²) in [5, 5.41) is 20.3. The van der Waals surface area contributed by atoms with Crippen LogP contribution >= 0.6 is 0 Å². The second-order valence-electron chi connectivity index (χ2n) is 7.54. The molecule has 0 bridgehead atoms. The molecule has 8 nitrogen and oxygen atoms in total. The van der Waals surface area contributed by atoms with Crippen LogP contribution in [0.2, 0.25) is 0 Å². The van der Waals surface area contributed by atoms with E-state index in [-0.39, 0.29) is 17.6 Å². The standard InChI is InChI=1S/C23H24N4O4/c28-22(24-18-10-11-18)17-8-12-19(13-9-17)27-20(21(23(29)30)25-26-27)7-4-14-31-15-16-5-2-1-3-6-16/h1-3,5-6,8-9,12-13,18H,4,7,10-11,14-15H2,(H,24,28)(H,29,30). The van der Waals surface area contributed by atoms with E-state index >= 15 is 0 Å². The topological polar surface area (TPSA) is 106 Å². The number of aromatic carboxylic acids is 1. The highest BCUT2D eigenvalue weighted by molar-refractivity contribution is 5.94. The van der Waals surface area contributed by atoms with E-state index in [1.807, 2.05) is 30.3 Å². The molecule has 1 aliphatic carbocycles. The smallest absolute Gasteiger partial charge is 0.358 e. The molecule has 31 heavy (non-hydrogen) atoms. The molecule has 1 fully saturated rings. The van der Waals surface area contributed by atoms with Gasteiger partial charge in [-0.05, 0) is 55.5 Å². The molecule has 0 atom stereocenters. The predicted octanol–water partition coefficient (Wildman–Crippen LogP) is 3.01. The van der Waals surface area contributed by atoms with Crippen molar-refractivity contribution in [3.05, 3.63) is 77.1 Å². The van der Waals surface area contributed by atoms with Crippen LogP contribution in [-0.4, -0.2) is 44.6 Å². The fourth-order valence-electron chi connectivity index (χ4n) is 3.26. The van der Waals surface area contributed by atoms with E-state index in [9.17, 15) is 14.7 Å². The van der Waals surface area contributed by atoms with Crippen LogP contribution in [-0.2, 0) is 17.8 Å². The number of carbonyl (C=O) groups is 2. The van der Waals surface area contributed by atoms with Crippen LogP contribution in [0.15, 0.2) is 54.6 Å².